The topological polar surface area (TPSA) is 68.9 Å². The van der Waals surface area contributed by atoms with Crippen molar-refractivity contribution in [3.63, 3.8) is 0 Å². The van der Waals surface area contributed by atoms with E-state index in [0.717, 1.165) is 31.2 Å². The molecule has 0 atom stereocenters. The smallest absolute Gasteiger partial charge is 0.282 e. The molecule has 6 heteroatoms. The first-order valence-corrected chi connectivity index (χ1v) is 10.7. The molecule has 0 bridgehead atoms. The fourth-order valence-electron chi connectivity index (χ4n) is 4.29. The molecule has 0 aromatic heterocycles. The maximum atomic E-state index is 13.2. The minimum Gasteiger partial charge on any atom is -0.349 e. The molecule has 0 saturated heterocycles. The second-order valence-corrected chi connectivity index (χ2v) is 8.10. The van der Waals surface area contributed by atoms with E-state index in [1.807, 2.05) is 65.2 Å². The molecule has 1 fully saturated rings. The van der Waals surface area contributed by atoms with E-state index >= 15 is 0 Å². The summed E-state index contributed by atoms with van der Waals surface area (Å²) in [5.41, 5.74) is 2.87. The Balaban J connectivity index is 1.61. The highest BCUT2D eigenvalue weighted by Crippen LogP contribution is 2.24. The zero-order valence-corrected chi connectivity index (χ0v) is 17.2. The minimum atomic E-state index is -0.224. The molecule has 2 heterocycles. The summed E-state index contributed by atoms with van der Waals surface area (Å²) in [7, 11) is 0. The quantitative estimate of drug-likeness (QED) is 0.541. The number of amides is 1. The van der Waals surface area contributed by atoms with Crippen LogP contribution in [0, 0.1) is 0 Å². The average molecular weight is 412 g/mol. The second-order valence-electron chi connectivity index (χ2n) is 8.10. The molecule has 6 nitrogen and oxygen atoms in total. The molecule has 3 aliphatic rings. The van der Waals surface area contributed by atoms with Crippen LogP contribution in [0.25, 0.3) is 16.9 Å². The number of aromatic nitrogens is 3. The van der Waals surface area contributed by atoms with Gasteiger partial charge in [0.05, 0.1) is 16.8 Å². The second kappa shape index (κ2) is 8.22. The summed E-state index contributed by atoms with van der Waals surface area (Å²) in [6.45, 7) is 0.566. The van der Waals surface area contributed by atoms with Crippen LogP contribution in [-0.4, -0.2) is 26.3 Å². The highest BCUT2D eigenvalue weighted by atomic mass is 16.2. The van der Waals surface area contributed by atoms with Crippen molar-refractivity contribution >= 4 is 5.91 Å². The molecule has 2 aliphatic heterocycles. The van der Waals surface area contributed by atoms with Gasteiger partial charge in [-0.05, 0) is 30.5 Å². The molecule has 2 aromatic carbocycles. The number of carbonyl (C=O) groups excluding carboxylic acids is 1. The van der Waals surface area contributed by atoms with Crippen molar-refractivity contribution < 1.29 is 4.79 Å². The van der Waals surface area contributed by atoms with Gasteiger partial charge in [-0.3, -0.25) is 9.59 Å². The van der Waals surface area contributed by atoms with Crippen LogP contribution in [-0.2, 0) is 6.54 Å². The number of nitrogens with zero attached hydrogens (tertiary/aromatic N) is 3. The molecule has 2 aromatic rings. The predicted octanol–water partition coefficient (Wildman–Crippen LogP) is 3.86. The average Bonchev–Trinajstić information content (AvgIpc) is 3.43. The highest BCUT2D eigenvalue weighted by Gasteiger charge is 2.26. The largest absolute Gasteiger partial charge is 0.349 e. The molecular formula is C25H24N4O2. The monoisotopic (exact) mass is 412 g/mol. The minimum absolute atomic E-state index is 0.169. The number of pyridine rings is 1. The van der Waals surface area contributed by atoms with Crippen molar-refractivity contribution in [2.24, 2.45) is 0 Å². The lowest BCUT2D eigenvalue weighted by atomic mass is 10.1. The molecule has 5 rings (SSSR count). The van der Waals surface area contributed by atoms with Crippen LogP contribution in [0.3, 0.4) is 0 Å². The van der Waals surface area contributed by atoms with Crippen LogP contribution in [0.4, 0.5) is 0 Å². The summed E-state index contributed by atoms with van der Waals surface area (Å²) in [5, 5.41) is 7.70. The fourth-order valence-corrected chi connectivity index (χ4v) is 4.29. The van der Waals surface area contributed by atoms with E-state index in [1.165, 1.54) is 4.68 Å². The summed E-state index contributed by atoms with van der Waals surface area (Å²) >= 11 is 0. The lowest BCUT2D eigenvalue weighted by Gasteiger charge is -2.15. The van der Waals surface area contributed by atoms with Crippen molar-refractivity contribution in [1.82, 2.24) is 19.7 Å². The standard InChI is InChI=1S/C25H24N4O2/c30-24(26-19-11-7-8-12-19)21-16-28(15-18-9-3-1-4-10-18)17-22-23(21)27-29(25(22)31)20-13-5-2-6-14-20/h1-6,9-10,13-14,16-17,19H,7-8,11-12,15H2,(H,26,30). The van der Waals surface area contributed by atoms with Gasteiger partial charge in [0.1, 0.15) is 5.69 Å². The summed E-state index contributed by atoms with van der Waals surface area (Å²) in [6.07, 6.45) is 7.87. The molecule has 1 saturated carbocycles. The normalized spacial score (nSPS) is 14.2. The van der Waals surface area contributed by atoms with Crippen LogP contribution >= 0.6 is 0 Å². The third kappa shape index (κ3) is 3.89. The number of rotatable bonds is 5. The lowest BCUT2D eigenvalue weighted by molar-refractivity contribution is 0.0937. The van der Waals surface area contributed by atoms with Crippen LogP contribution in [0.1, 0.15) is 41.6 Å². The maximum absolute atomic E-state index is 13.2. The van der Waals surface area contributed by atoms with Gasteiger partial charge in [-0.1, -0.05) is 61.4 Å². The fraction of sp³-hybridized carbons (Fsp3) is 0.240. The Kier molecular flexibility index (Phi) is 5.12. The first kappa shape index (κ1) is 19.3. The molecule has 0 spiro atoms. The Morgan fingerprint density at radius 2 is 1.65 bits per heavy atom. The Morgan fingerprint density at radius 3 is 2.35 bits per heavy atom. The zero-order valence-electron chi connectivity index (χ0n) is 17.2. The summed E-state index contributed by atoms with van der Waals surface area (Å²) in [6, 6.07) is 19.5. The van der Waals surface area contributed by atoms with E-state index in [-0.39, 0.29) is 17.5 Å². The third-order valence-corrected chi connectivity index (χ3v) is 5.87. The van der Waals surface area contributed by atoms with Crippen LogP contribution in [0.5, 0.6) is 0 Å². The Hall–Kier alpha value is -3.67. The van der Waals surface area contributed by atoms with Crippen molar-refractivity contribution in [3.05, 3.63) is 94.5 Å². The Bertz CT molecular complexity index is 1220. The molecular weight excluding hydrogens is 388 g/mol. The van der Waals surface area contributed by atoms with E-state index in [9.17, 15) is 9.59 Å². The number of fused-ring (bicyclic) bond motifs is 1. The van der Waals surface area contributed by atoms with Crippen molar-refractivity contribution in [3.8, 4) is 16.9 Å². The van der Waals surface area contributed by atoms with Gasteiger partial charge < -0.3 is 9.88 Å². The third-order valence-electron chi connectivity index (χ3n) is 5.87. The van der Waals surface area contributed by atoms with E-state index in [4.69, 9.17) is 0 Å². The Labute approximate surface area is 180 Å². The molecule has 1 N–H and O–H groups in total. The first-order chi connectivity index (χ1) is 15.2. The Morgan fingerprint density at radius 1 is 0.968 bits per heavy atom. The van der Waals surface area contributed by atoms with Crippen molar-refractivity contribution in [2.45, 2.75) is 38.3 Å². The van der Waals surface area contributed by atoms with Gasteiger partial charge in [0.2, 0.25) is 0 Å². The molecule has 1 aliphatic carbocycles. The van der Waals surface area contributed by atoms with Crippen LogP contribution < -0.4 is 10.9 Å². The highest BCUT2D eigenvalue weighted by molar-refractivity contribution is 6.00. The summed E-state index contributed by atoms with van der Waals surface area (Å²) < 4.78 is 3.28. The predicted molar refractivity (Wildman–Crippen MR) is 120 cm³/mol. The van der Waals surface area contributed by atoms with Gasteiger partial charge in [0.15, 0.2) is 0 Å². The molecule has 0 radical (unpaired) electrons. The van der Waals surface area contributed by atoms with Gasteiger partial charge in [-0.2, -0.15) is 9.78 Å². The van der Waals surface area contributed by atoms with Crippen molar-refractivity contribution in [1.29, 1.82) is 0 Å². The van der Waals surface area contributed by atoms with E-state index in [0.29, 0.717) is 29.1 Å². The van der Waals surface area contributed by atoms with Gasteiger partial charge in [0, 0.05) is 25.0 Å². The molecule has 156 valence electrons. The van der Waals surface area contributed by atoms with E-state index in [2.05, 4.69) is 10.4 Å². The van der Waals surface area contributed by atoms with E-state index < -0.39 is 0 Å². The zero-order chi connectivity index (χ0) is 21.2. The van der Waals surface area contributed by atoms with Gasteiger partial charge in [-0.25, -0.2) is 0 Å². The number of para-hydroxylation sites is 1. The first-order valence-electron chi connectivity index (χ1n) is 10.7. The number of hydrogen-bond acceptors (Lipinski definition) is 3. The lowest BCUT2D eigenvalue weighted by Crippen LogP contribution is -2.33. The summed E-state index contributed by atoms with van der Waals surface area (Å²) in [4.78, 5) is 26.4. The molecule has 1 amide bonds. The SMILES string of the molecule is O=C(NC1CCCC1)c1cn(Cc2ccccc2)cc2c(=O)n(-c3ccccc3)nc1-2. The van der Waals surface area contributed by atoms with Gasteiger partial charge in [-0.15, -0.1) is 0 Å². The van der Waals surface area contributed by atoms with Crippen LogP contribution in [0.2, 0.25) is 0 Å². The van der Waals surface area contributed by atoms with Gasteiger partial charge >= 0.3 is 0 Å². The number of benzene rings is 2. The number of carbonyl (C=O) groups is 1. The van der Waals surface area contributed by atoms with Crippen LogP contribution in [0.15, 0.2) is 77.9 Å². The van der Waals surface area contributed by atoms with E-state index in [1.54, 1.807) is 12.4 Å². The van der Waals surface area contributed by atoms with Crippen molar-refractivity contribution in [2.75, 3.05) is 0 Å². The summed E-state index contributed by atoms with van der Waals surface area (Å²) in [5.74, 6) is -0.169. The molecule has 0 unspecified atom stereocenters. The molecule has 31 heavy (non-hydrogen) atoms. The van der Waals surface area contributed by atoms with Gasteiger partial charge in [0.25, 0.3) is 11.5 Å². The number of hydrogen-bond donors (Lipinski definition) is 1. The maximum Gasteiger partial charge on any atom is 0.282 e. The number of nitrogens with one attached hydrogen (secondary N) is 1.